The van der Waals surface area contributed by atoms with Gasteiger partial charge >= 0.3 is 18.2 Å². The number of carbonyl (C=O) groups excluding carboxylic acids is 2. The second-order valence-corrected chi connectivity index (χ2v) is 10.3. The second-order valence-electron chi connectivity index (χ2n) is 8.37. The molecule has 0 aliphatic carbocycles. The first-order valence-corrected chi connectivity index (χ1v) is 11.1. The summed E-state index contributed by atoms with van der Waals surface area (Å²) in [5, 5.41) is 0. The topological polar surface area (TPSA) is 87.2 Å². The fourth-order valence-corrected chi connectivity index (χ4v) is 4.96. The number of piperazine rings is 1. The monoisotopic (exact) mass is 463 g/mol. The van der Waals surface area contributed by atoms with E-state index in [0.717, 1.165) is 0 Å². The summed E-state index contributed by atoms with van der Waals surface area (Å²) in [5.74, 6) is -1.97. The van der Waals surface area contributed by atoms with E-state index in [-0.39, 0.29) is 49.7 Å². The van der Waals surface area contributed by atoms with E-state index in [1.165, 1.54) is 27.4 Å². The fraction of sp³-hybridized carbons (Fsp3) is 0.579. The van der Waals surface area contributed by atoms with Crippen molar-refractivity contribution >= 4 is 27.7 Å². The molecule has 0 unspecified atom stereocenters. The number of alkyl halides is 3. The number of ether oxygens (including phenoxy) is 1. The van der Waals surface area contributed by atoms with E-state index in [1.54, 1.807) is 20.8 Å². The average Bonchev–Trinajstić information content (AvgIpc) is 3.08. The summed E-state index contributed by atoms with van der Waals surface area (Å²) in [5.41, 5.74) is -0.228. The van der Waals surface area contributed by atoms with Crippen LogP contribution in [-0.4, -0.2) is 74.1 Å². The number of rotatable bonds is 2. The van der Waals surface area contributed by atoms with Crippen molar-refractivity contribution in [1.82, 2.24) is 9.21 Å². The number of halogens is 3. The third kappa shape index (κ3) is 4.95. The fourth-order valence-electron chi connectivity index (χ4n) is 3.49. The van der Waals surface area contributed by atoms with Crippen LogP contribution in [0.5, 0.6) is 0 Å². The molecule has 0 bridgehead atoms. The van der Waals surface area contributed by atoms with Crippen LogP contribution in [-0.2, 0) is 26.0 Å². The number of hydrogen-bond acceptors (Lipinski definition) is 5. The van der Waals surface area contributed by atoms with Crippen molar-refractivity contribution in [1.29, 1.82) is 0 Å². The Kier molecular flexibility index (Phi) is 6.00. The minimum absolute atomic E-state index is 0.0572. The first-order valence-electron chi connectivity index (χ1n) is 9.70. The molecule has 8 nitrogen and oxygen atoms in total. The van der Waals surface area contributed by atoms with E-state index in [0.29, 0.717) is 10.5 Å². The van der Waals surface area contributed by atoms with Gasteiger partial charge in [-0.25, -0.2) is 13.2 Å². The van der Waals surface area contributed by atoms with Crippen molar-refractivity contribution in [2.45, 2.75) is 43.9 Å². The van der Waals surface area contributed by atoms with Gasteiger partial charge < -0.3 is 14.5 Å². The van der Waals surface area contributed by atoms with E-state index < -0.39 is 33.8 Å². The number of sulfonamides is 1. The van der Waals surface area contributed by atoms with E-state index in [2.05, 4.69) is 0 Å². The van der Waals surface area contributed by atoms with Gasteiger partial charge in [-0.2, -0.15) is 17.5 Å². The summed E-state index contributed by atoms with van der Waals surface area (Å²) in [6.07, 6.45) is -5.39. The Morgan fingerprint density at radius 3 is 2.16 bits per heavy atom. The summed E-state index contributed by atoms with van der Waals surface area (Å²) in [4.78, 5) is 25.7. The highest BCUT2D eigenvalue weighted by Gasteiger charge is 2.45. The lowest BCUT2D eigenvalue weighted by Gasteiger charge is -2.35. The van der Waals surface area contributed by atoms with Crippen LogP contribution >= 0.6 is 0 Å². The summed E-state index contributed by atoms with van der Waals surface area (Å²) >= 11 is 0. The molecule has 1 aromatic carbocycles. The minimum Gasteiger partial charge on any atom is -0.444 e. The zero-order valence-corrected chi connectivity index (χ0v) is 18.2. The van der Waals surface area contributed by atoms with E-state index in [9.17, 15) is 31.2 Å². The number of nitrogens with zero attached hydrogens (tertiary/aromatic N) is 3. The van der Waals surface area contributed by atoms with E-state index >= 15 is 0 Å². The third-order valence-corrected chi connectivity index (χ3v) is 6.86. The maximum Gasteiger partial charge on any atom is 0.471 e. The van der Waals surface area contributed by atoms with Gasteiger partial charge in [-0.1, -0.05) is 0 Å². The molecule has 31 heavy (non-hydrogen) atoms. The van der Waals surface area contributed by atoms with Gasteiger partial charge in [0.25, 0.3) is 0 Å². The molecule has 12 heteroatoms. The molecule has 0 spiro atoms. The second kappa shape index (κ2) is 7.97. The predicted molar refractivity (Wildman–Crippen MR) is 105 cm³/mol. The van der Waals surface area contributed by atoms with Crippen LogP contribution < -0.4 is 4.90 Å². The summed E-state index contributed by atoms with van der Waals surface area (Å²) in [6.45, 7) is 5.51. The Labute approximate surface area is 178 Å². The highest BCUT2D eigenvalue weighted by Crippen LogP contribution is 2.34. The van der Waals surface area contributed by atoms with Gasteiger partial charge in [-0.3, -0.25) is 4.79 Å². The van der Waals surface area contributed by atoms with Crippen LogP contribution in [0, 0.1) is 0 Å². The van der Waals surface area contributed by atoms with Crippen molar-refractivity contribution in [3.63, 3.8) is 0 Å². The van der Waals surface area contributed by atoms with Gasteiger partial charge in [0.2, 0.25) is 10.0 Å². The van der Waals surface area contributed by atoms with Gasteiger partial charge in [-0.05, 0) is 51.0 Å². The summed E-state index contributed by atoms with van der Waals surface area (Å²) < 4.78 is 70.8. The molecular weight excluding hydrogens is 439 g/mol. The molecule has 1 saturated heterocycles. The summed E-state index contributed by atoms with van der Waals surface area (Å²) in [6, 6.07) is 3.75. The van der Waals surface area contributed by atoms with Gasteiger partial charge in [0.15, 0.2) is 0 Å². The Hall–Kier alpha value is -2.34. The molecule has 0 N–H and O–H groups in total. The molecule has 0 atom stereocenters. The van der Waals surface area contributed by atoms with Gasteiger partial charge in [-0.15, -0.1) is 0 Å². The summed E-state index contributed by atoms with van der Waals surface area (Å²) in [7, 11) is -3.91. The van der Waals surface area contributed by atoms with Crippen molar-refractivity contribution in [2.75, 3.05) is 37.6 Å². The molecule has 2 aliphatic rings. The molecule has 0 radical (unpaired) electrons. The molecule has 1 aromatic rings. The lowest BCUT2D eigenvalue weighted by molar-refractivity contribution is -0.170. The molecule has 2 aliphatic heterocycles. The van der Waals surface area contributed by atoms with Crippen molar-refractivity contribution < 1.29 is 35.9 Å². The predicted octanol–water partition coefficient (Wildman–Crippen LogP) is 2.38. The van der Waals surface area contributed by atoms with Gasteiger partial charge in [0.05, 0.1) is 4.90 Å². The quantitative estimate of drug-likeness (QED) is 0.672. The zero-order valence-electron chi connectivity index (χ0n) is 17.4. The normalized spacial score (nSPS) is 18.1. The third-order valence-electron chi connectivity index (χ3n) is 4.96. The maximum absolute atomic E-state index is 13.0. The van der Waals surface area contributed by atoms with Crippen molar-refractivity contribution in [3.8, 4) is 0 Å². The van der Waals surface area contributed by atoms with Crippen LogP contribution in [0.1, 0.15) is 26.3 Å². The number of fused-ring (bicyclic) bond motifs is 1. The Morgan fingerprint density at radius 2 is 1.61 bits per heavy atom. The highest BCUT2D eigenvalue weighted by molar-refractivity contribution is 7.89. The first-order chi connectivity index (χ1) is 14.2. The number of benzene rings is 1. The Balaban J connectivity index is 1.72. The van der Waals surface area contributed by atoms with Gasteiger partial charge in [0, 0.05) is 38.4 Å². The molecule has 1 fully saturated rings. The molecule has 0 aromatic heterocycles. The number of amides is 2. The molecule has 2 heterocycles. The average molecular weight is 463 g/mol. The smallest absolute Gasteiger partial charge is 0.444 e. The standard InChI is InChI=1S/C19H24F3N3O5S/c1-18(2,3)30-17(27)23-8-10-24(11-9-23)31(28,29)14-4-5-15-13(12-14)6-7-25(15)16(26)19(20,21)22/h4-5,12H,6-11H2,1-3H3. The maximum atomic E-state index is 13.0. The first kappa shape index (κ1) is 23.3. The van der Waals surface area contributed by atoms with Gasteiger partial charge in [0.1, 0.15) is 5.60 Å². The van der Waals surface area contributed by atoms with Crippen LogP contribution in [0.15, 0.2) is 23.1 Å². The molecule has 0 saturated carbocycles. The molecule has 2 amide bonds. The lowest BCUT2D eigenvalue weighted by Crippen LogP contribution is -2.51. The van der Waals surface area contributed by atoms with Crippen molar-refractivity contribution in [3.05, 3.63) is 23.8 Å². The van der Waals surface area contributed by atoms with Crippen LogP contribution in [0.2, 0.25) is 0 Å². The molecular formula is C19H24F3N3O5S. The number of anilines is 1. The van der Waals surface area contributed by atoms with Crippen LogP contribution in [0.4, 0.5) is 23.7 Å². The van der Waals surface area contributed by atoms with Crippen LogP contribution in [0.3, 0.4) is 0 Å². The number of carbonyl (C=O) groups is 2. The van der Waals surface area contributed by atoms with Crippen LogP contribution in [0.25, 0.3) is 0 Å². The largest absolute Gasteiger partial charge is 0.471 e. The Bertz CT molecular complexity index is 980. The Morgan fingerprint density at radius 1 is 1.00 bits per heavy atom. The lowest BCUT2D eigenvalue weighted by atomic mass is 10.2. The SMILES string of the molecule is CC(C)(C)OC(=O)N1CCN(S(=O)(=O)c2ccc3c(c2)CCN3C(=O)C(F)(F)F)CC1. The number of hydrogen-bond donors (Lipinski definition) is 0. The zero-order chi connectivity index (χ0) is 23.2. The molecule has 172 valence electrons. The minimum atomic E-state index is -5.00. The van der Waals surface area contributed by atoms with E-state index in [4.69, 9.17) is 4.74 Å². The molecule has 3 rings (SSSR count). The van der Waals surface area contributed by atoms with Crippen molar-refractivity contribution in [2.24, 2.45) is 0 Å². The van der Waals surface area contributed by atoms with E-state index in [1.807, 2.05) is 0 Å². The highest BCUT2D eigenvalue weighted by atomic mass is 32.2.